The number of amides is 1. The zero-order valence-corrected chi connectivity index (χ0v) is 11.0. The molecule has 2 atom stereocenters. The van der Waals surface area contributed by atoms with Gasteiger partial charge in [0, 0.05) is 19.1 Å². The van der Waals surface area contributed by atoms with E-state index >= 15 is 0 Å². The molecule has 1 aromatic rings. The lowest BCUT2D eigenvalue weighted by molar-refractivity contribution is -0.136. The van der Waals surface area contributed by atoms with Crippen molar-refractivity contribution in [3.05, 3.63) is 29.3 Å². The van der Waals surface area contributed by atoms with Crippen molar-refractivity contribution in [2.45, 2.75) is 38.3 Å². The molecule has 102 valence electrons. The van der Waals surface area contributed by atoms with Crippen molar-refractivity contribution in [3.63, 3.8) is 0 Å². The number of fused-ring (bicyclic) bond motifs is 1. The maximum Gasteiger partial charge on any atom is 0.227 e. The number of benzene rings is 1. The molecular weight excluding hydrogens is 240 g/mol. The highest BCUT2D eigenvalue weighted by Crippen LogP contribution is 2.29. The van der Waals surface area contributed by atoms with Crippen LogP contribution >= 0.6 is 0 Å². The van der Waals surface area contributed by atoms with Crippen LogP contribution in [0.5, 0.6) is 5.75 Å². The number of aromatic hydroxyl groups is 1. The zero-order valence-electron chi connectivity index (χ0n) is 11.0. The number of nitrogens with two attached hydrogens (primary N) is 1. The second-order valence-corrected chi connectivity index (χ2v) is 5.66. The van der Waals surface area contributed by atoms with Gasteiger partial charge in [-0.15, -0.1) is 0 Å². The van der Waals surface area contributed by atoms with Crippen molar-refractivity contribution in [3.8, 4) is 5.75 Å². The molecule has 1 amide bonds. The average molecular weight is 260 g/mol. The van der Waals surface area contributed by atoms with Gasteiger partial charge in [0.25, 0.3) is 0 Å². The summed E-state index contributed by atoms with van der Waals surface area (Å²) in [6, 6.07) is 5.46. The smallest absolute Gasteiger partial charge is 0.227 e. The van der Waals surface area contributed by atoms with Gasteiger partial charge in [-0.05, 0) is 42.5 Å². The Balaban J connectivity index is 1.76. The van der Waals surface area contributed by atoms with Gasteiger partial charge in [-0.2, -0.15) is 0 Å². The van der Waals surface area contributed by atoms with Gasteiger partial charge in [0.1, 0.15) is 5.75 Å². The van der Waals surface area contributed by atoms with E-state index in [0.717, 1.165) is 37.8 Å². The Kier molecular flexibility index (Phi) is 3.19. The van der Waals surface area contributed by atoms with Crippen LogP contribution in [0.15, 0.2) is 18.2 Å². The molecule has 4 nitrogen and oxygen atoms in total. The van der Waals surface area contributed by atoms with Crippen LogP contribution in [-0.4, -0.2) is 28.5 Å². The highest BCUT2D eigenvalue weighted by Gasteiger charge is 2.34. The molecule has 0 bridgehead atoms. The van der Waals surface area contributed by atoms with E-state index in [9.17, 15) is 9.90 Å². The van der Waals surface area contributed by atoms with Gasteiger partial charge in [-0.25, -0.2) is 0 Å². The van der Waals surface area contributed by atoms with Crippen LogP contribution in [0.2, 0.25) is 0 Å². The number of hydrogen-bond donors (Lipinski definition) is 2. The Labute approximate surface area is 113 Å². The fourth-order valence-corrected chi connectivity index (χ4v) is 3.26. The molecule has 1 heterocycles. The molecule has 1 aliphatic heterocycles. The molecule has 3 N–H and O–H groups in total. The summed E-state index contributed by atoms with van der Waals surface area (Å²) in [4.78, 5) is 14.4. The Morgan fingerprint density at radius 3 is 2.89 bits per heavy atom. The first-order valence-corrected chi connectivity index (χ1v) is 7.00. The van der Waals surface area contributed by atoms with Crippen molar-refractivity contribution >= 4 is 5.91 Å². The fourth-order valence-electron chi connectivity index (χ4n) is 3.26. The first kappa shape index (κ1) is 12.5. The highest BCUT2D eigenvalue weighted by molar-refractivity contribution is 5.80. The maximum absolute atomic E-state index is 12.5. The monoisotopic (exact) mass is 260 g/mol. The molecule has 4 heteroatoms. The van der Waals surface area contributed by atoms with E-state index in [1.165, 1.54) is 5.56 Å². The molecule has 1 fully saturated rings. The van der Waals surface area contributed by atoms with Gasteiger partial charge in [-0.3, -0.25) is 4.79 Å². The summed E-state index contributed by atoms with van der Waals surface area (Å²) in [7, 11) is 0. The number of nitrogens with zero attached hydrogens (tertiary/aromatic N) is 1. The Morgan fingerprint density at radius 2 is 2.16 bits per heavy atom. The maximum atomic E-state index is 12.5. The van der Waals surface area contributed by atoms with Crippen molar-refractivity contribution in [2.75, 3.05) is 6.54 Å². The Morgan fingerprint density at radius 1 is 1.32 bits per heavy atom. The number of hydrogen-bond acceptors (Lipinski definition) is 3. The van der Waals surface area contributed by atoms with Crippen LogP contribution in [-0.2, 0) is 17.8 Å². The van der Waals surface area contributed by atoms with Crippen molar-refractivity contribution in [2.24, 2.45) is 11.7 Å². The van der Waals surface area contributed by atoms with Gasteiger partial charge in [-0.1, -0.05) is 12.5 Å². The topological polar surface area (TPSA) is 66.6 Å². The van der Waals surface area contributed by atoms with E-state index in [1.54, 1.807) is 12.1 Å². The van der Waals surface area contributed by atoms with Gasteiger partial charge in [0.2, 0.25) is 5.91 Å². The number of rotatable bonds is 1. The summed E-state index contributed by atoms with van der Waals surface area (Å²) >= 11 is 0. The molecule has 3 rings (SSSR count). The van der Waals surface area contributed by atoms with Crippen LogP contribution in [0.3, 0.4) is 0 Å². The lowest BCUT2D eigenvalue weighted by atomic mass is 9.96. The summed E-state index contributed by atoms with van der Waals surface area (Å²) in [5.41, 5.74) is 8.31. The summed E-state index contributed by atoms with van der Waals surface area (Å²) < 4.78 is 0. The van der Waals surface area contributed by atoms with Gasteiger partial charge in [0.05, 0.1) is 5.92 Å². The van der Waals surface area contributed by atoms with Gasteiger partial charge >= 0.3 is 0 Å². The SMILES string of the molecule is NC1CCCC1C(=O)N1CCc2ccc(O)cc2C1. The van der Waals surface area contributed by atoms with Crippen molar-refractivity contribution in [1.82, 2.24) is 4.90 Å². The predicted octanol–water partition coefficient (Wildman–Crippen LogP) is 1.40. The lowest BCUT2D eigenvalue weighted by Crippen LogP contribution is -2.43. The van der Waals surface area contributed by atoms with Crippen LogP contribution in [0.4, 0.5) is 0 Å². The molecule has 2 aliphatic rings. The van der Waals surface area contributed by atoms with Crippen LogP contribution in [0.25, 0.3) is 0 Å². The van der Waals surface area contributed by atoms with E-state index in [1.807, 2.05) is 11.0 Å². The van der Waals surface area contributed by atoms with Crippen molar-refractivity contribution < 1.29 is 9.90 Å². The highest BCUT2D eigenvalue weighted by atomic mass is 16.3. The van der Waals surface area contributed by atoms with Crippen molar-refractivity contribution in [1.29, 1.82) is 0 Å². The molecule has 1 aromatic carbocycles. The first-order chi connectivity index (χ1) is 9.15. The molecule has 0 saturated heterocycles. The molecule has 0 radical (unpaired) electrons. The summed E-state index contributed by atoms with van der Waals surface area (Å²) in [5.74, 6) is 0.462. The summed E-state index contributed by atoms with van der Waals surface area (Å²) in [6.07, 6.45) is 3.80. The minimum Gasteiger partial charge on any atom is -0.508 e. The molecule has 19 heavy (non-hydrogen) atoms. The first-order valence-electron chi connectivity index (χ1n) is 7.00. The fraction of sp³-hybridized carbons (Fsp3) is 0.533. The second kappa shape index (κ2) is 4.85. The number of carbonyl (C=O) groups is 1. The normalized spacial score (nSPS) is 26.3. The summed E-state index contributed by atoms with van der Waals surface area (Å²) in [6.45, 7) is 1.37. The lowest BCUT2D eigenvalue weighted by Gasteiger charge is -2.32. The van der Waals surface area contributed by atoms with E-state index in [0.29, 0.717) is 6.54 Å². The Bertz CT molecular complexity index is 501. The third-order valence-corrected chi connectivity index (χ3v) is 4.40. The van der Waals surface area contributed by atoms with E-state index in [4.69, 9.17) is 5.73 Å². The molecule has 0 spiro atoms. The molecular formula is C15H20N2O2. The van der Waals surface area contributed by atoms with E-state index in [-0.39, 0.29) is 23.6 Å². The van der Waals surface area contributed by atoms with Crippen LogP contribution in [0, 0.1) is 5.92 Å². The van der Waals surface area contributed by atoms with E-state index in [2.05, 4.69) is 0 Å². The number of phenolic OH excluding ortho intramolecular Hbond substituents is 1. The molecule has 2 unspecified atom stereocenters. The second-order valence-electron chi connectivity index (χ2n) is 5.66. The molecule has 1 aliphatic carbocycles. The molecule has 1 saturated carbocycles. The summed E-state index contributed by atoms with van der Waals surface area (Å²) in [5, 5.41) is 9.54. The number of carbonyl (C=O) groups excluding carboxylic acids is 1. The van der Waals surface area contributed by atoms with Gasteiger partial charge in [0.15, 0.2) is 0 Å². The minimum atomic E-state index is -0.00106. The third-order valence-electron chi connectivity index (χ3n) is 4.40. The minimum absolute atomic E-state index is 0.00106. The van der Waals surface area contributed by atoms with Crippen LogP contribution in [0.1, 0.15) is 30.4 Å². The Hall–Kier alpha value is -1.55. The van der Waals surface area contributed by atoms with E-state index < -0.39 is 0 Å². The molecule has 0 aromatic heterocycles. The standard InChI is InChI=1S/C15H20N2O2/c16-14-3-1-2-13(14)15(19)17-7-6-10-4-5-12(18)8-11(10)9-17/h4-5,8,13-14,18H,1-3,6-7,9,16H2. The van der Waals surface area contributed by atoms with Gasteiger partial charge < -0.3 is 15.7 Å². The zero-order chi connectivity index (χ0) is 13.4. The largest absolute Gasteiger partial charge is 0.508 e. The third kappa shape index (κ3) is 2.32. The predicted molar refractivity (Wildman–Crippen MR) is 72.5 cm³/mol. The average Bonchev–Trinajstić information content (AvgIpc) is 2.83. The van der Waals surface area contributed by atoms with Crippen LogP contribution < -0.4 is 5.73 Å². The number of phenols is 1. The quantitative estimate of drug-likeness (QED) is 0.802.